The molecule has 0 radical (unpaired) electrons. The van der Waals surface area contributed by atoms with E-state index >= 15 is 0 Å². The number of fused-ring (bicyclic) bond motifs is 1. The number of hydrogen-bond acceptors (Lipinski definition) is 5. The fraction of sp³-hybridized carbons (Fsp3) is 0.200. The Hall–Kier alpha value is -2.32. The molecule has 1 aliphatic rings. The lowest BCUT2D eigenvalue weighted by Gasteiger charge is -2.20. The van der Waals surface area contributed by atoms with E-state index in [0.717, 1.165) is 5.56 Å². The number of imide groups is 1. The topological polar surface area (TPSA) is 92.8 Å². The van der Waals surface area contributed by atoms with Crippen LogP contribution >= 0.6 is 46.4 Å². The van der Waals surface area contributed by atoms with Crippen molar-refractivity contribution in [1.29, 1.82) is 0 Å². The van der Waals surface area contributed by atoms with Gasteiger partial charge >= 0.3 is 5.97 Å². The van der Waals surface area contributed by atoms with Crippen molar-refractivity contribution in [1.82, 2.24) is 4.90 Å². The molecule has 0 unspecified atom stereocenters. The summed E-state index contributed by atoms with van der Waals surface area (Å²) in [6.45, 7) is 2.47. The summed E-state index contributed by atoms with van der Waals surface area (Å²) < 4.78 is 4.98. The van der Waals surface area contributed by atoms with Gasteiger partial charge in [-0.25, -0.2) is 4.79 Å². The molecule has 1 atom stereocenters. The molecule has 1 aliphatic heterocycles. The summed E-state index contributed by atoms with van der Waals surface area (Å²) in [5, 5.41) is 1.75. The van der Waals surface area contributed by atoms with E-state index in [1.165, 1.54) is 6.92 Å². The van der Waals surface area contributed by atoms with Crippen molar-refractivity contribution in [2.75, 3.05) is 11.9 Å². The molecule has 3 amide bonds. The molecule has 0 bridgehead atoms. The van der Waals surface area contributed by atoms with Gasteiger partial charge in [-0.1, -0.05) is 64.6 Å². The molecule has 0 fully saturated rings. The molecule has 162 valence electrons. The smallest absolute Gasteiger partial charge is 0.329 e. The fourth-order valence-electron chi connectivity index (χ4n) is 2.98. The summed E-state index contributed by atoms with van der Waals surface area (Å²) in [5.74, 6) is -3.31. The average molecular weight is 504 g/mol. The number of amides is 3. The number of carbonyl (C=O) groups is 4. The van der Waals surface area contributed by atoms with Crippen molar-refractivity contribution >= 4 is 75.8 Å². The monoisotopic (exact) mass is 502 g/mol. The molecule has 31 heavy (non-hydrogen) atoms. The number of nitrogens with one attached hydrogen (secondary N) is 1. The molecule has 0 saturated heterocycles. The number of hydrogen-bond donors (Lipinski definition) is 1. The first-order valence-corrected chi connectivity index (χ1v) is 10.3. The van der Waals surface area contributed by atoms with Crippen LogP contribution in [-0.2, 0) is 14.3 Å². The normalized spacial score (nSPS) is 13.8. The van der Waals surface area contributed by atoms with Crippen molar-refractivity contribution in [3.05, 3.63) is 61.0 Å². The fourth-order valence-corrected chi connectivity index (χ4v) is 3.99. The highest BCUT2D eigenvalue weighted by molar-refractivity contribution is 6.55. The van der Waals surface area contributed by atoms with Gasteiger partial charge in [-0.05, 0) is 25.5 Å². The van der Waals surface area contributed by atoms with E-state index in [-0.39, 0.29) is 31.2 Å². The van der Waals surface area contributed by atoms with Gasteiger partial charge in [0.05, 0.1) is 31.2 Å². The number of halogens is 4. The van der Waals surface area contributed by atoms with Crippen LogP contribution in [0.3, 0.4) is 0 Å². The van der Waals surface area contributed by atoms with E-state index in [1.54, 1.807) is 25.1 Å². The zero-order valence-corrected chi connectivity index (χ0v) is 19.1. The van der Waals surface area contributed by atoms with E-state index in [1.807, 2.05) is 6.07 Å². The van der Waals surface area contributed by atoms with E-state index in [2.05, 4.69) is 5.32 Å². The highest BCUT2D eigenvalue weighted by atomic mass is 35.5. The quantitative estimate of drug-likeness (QED) is 0.274. The second kappa shape index (κ2) is 9.04. The first-order chi connectivity index (χ1) is 14.6. The van der Waals surface area contributed by atoms with Gasteiger partial charge in [0.15, 0.2) is 6.61 Å². The molecule has 1 heterocycles. The van der Waals surface area contributed by atoms with Gasteiger partial charge in [0.2, 0.25) is 0 Å². The van der Waals surface area contributed by atoms with Crippen LogP contribution in [0, 0.1) is 6.92 Å². The second-order valence-corrected chi connectivity index (χ2v) is 8.14. The Balaban J connectivity index is 1.73. The van der Waals surface area contributed by atoms with Crippen LogP contribution in [0.4, 0.5) is 5.69 Å². The summed E-state index contributed by atoms with van der Waals surface area (Å²) >= 11 is 24.1. The molecule has 0 aromatic heterocycles. The Morgan fingerprint density at radius 1 is 0.968 bits per heavy atom. The van der Waals surface area contributed by atoms with Gasteiger partial charge in [-0.3, -0.25) is 19.3 Å². The van der Waals surface area contributed by atoms with Crippen LogP contribution in [0.15, 0.2) is 24.3 Å². The zero-order chi connectivity index (χ0) is 23.0. The third-order valence-electron chi connectivity index (χ3n) is 4.63. The van der Waals surface area contributed by atoms with Crippen molar-refractivity contribution in [3.63, 3.8) is 0 Å². The van der Waals surface area contributed by atoms with E-state index < -0.39 is 36.3 Å². The van der Waals surface area contributed by atoms with Crippen LogP contribution in [0.1, 0.15) is 33.2 Å². The highest BCUT2D eigenvalue weighted by Crippen LogP contribution is 2.45. The van der Waals surface area contributed by atoms with Gasteiger partial charge in [-0.2, -0.15) is 0 Å². The number of rotatable bonds is 5. The predicted molar refractivity (Wildman–Crippen MR) is 117 cm³/mol. The Kier molecular flexibility index (Phi) is 6.81. The number of nitrogens with zero attached hydrogens (tertiary/aromatic N) is 1. The summed E-state index contributed by atoms with van der Waals surface area (Å²) in [6, 6.07) is 5.70. The molecular weight excluding hydrogens is 490 g/mol. The summed E-state index contributed by atoms with van der Waals surface area (Å²) in [7, 11) is 0. The highest BCUT2D eigenvalue weighted by Gasteiger charge is 2.45. The first-order valence-electron chi connectivity index (χ1n) is 8.82. The molecule has 7 nitrogen and oxygen atoms in total. The van der Waals surface area contributed by atoms with Crippen molar-refractivity contribution < 1.29 is 23.9 Å². The molecular formula is C20H14Cl4N2O5. The predicted octanol–water partition coefficient (Wildman–Crippen LogP) is 4.78. The lowest BCUT2D eigenvalue weighted by molar-refractivity contribution is -0.150. The summed E-state index contributed by atoms with van der Waals surface area (Å²) in [5.41, 5.74) is 0.897. The van der Waals surface area contributed by atoms with Crippen LogP contribution in [0.2, 0.25) is 20.1 Å². The number of esters is 1. The summed E-state index contributed by atoms with van der Waals surface area (Å²) in [6.07, 6.45) is 0. The Bertz CT molecular complexity index is 1090. The third kappa shape index (κ3) is 4.23. The largest absolute Gasteiger partial charge is 0.454 e. The molecule has 1 N–H and O–H groups in total. The minimum atomic E-state index is -1.36. The van der Waals surface area contributed by atoms with Crippen LogP contribution < -0.4 is 5.32 Å². The zero-order valence-electron chi connectivity index (χ0n) is 16.1. The van der Waals surface area contributed by atoms with Gasteiger partial charge < -0.3 is 10.1 Å². The lowest BCUT2D eigenvalue weighted by Crippen LogP contribution is -2.44. The van der Waals surface area contributed by atoms with E-state index in [0.29, 0.717) is 10.6 Å². The number of aryl methyl sites for hydroxylation is 1. The number of ether oxygens (including phenoxy) is 1. The Morgan fingerprint density at radius 3 is 2.00 bits per heavy atom. The van der Waals surface area contributed by atoms with Crippen molar-refractivity contribution in [2.45, 2.75) is 19.9 Å². The Morgan fingerprint density at radius 2 is 1.48 bits per heavy atom. The maximum atomic E-state index is 12.8. The molecule has 0 saturated carbocycles. The van der Waals surface area contributed by atoms with Crippen LogP contribution in [0.25, 0.3) is 0 Å². The number of carbonyl (C=O) groups excluding carboxylic acids is 4. The van der Waals surface area contributed by atoms with Gasteiger partial charge in [0.1, 0.15) is 6.04 Å². The van der Waals surface area contributed by atoms with Crippen molar-refractivity contribution in [2.24, 2.45) is 0 Å². The second-order valence-electron chi connectivity index (χ2n) is 6.63. The molecule has 2 aromatic rings. The maximum absolute atomic E-state index is 12.8. The van der Waals surface area contributed by atoms with Gasteiger partial charge in [0, 0.05) is 5.69 Å². The number of anilines is 1. The SMILES string of the molecule is Cc1ccccc1NC(=O)COC(=O)[C@@H](C)N1C(=O)c2c(Cl)c(Cl)c(Cl)c(Cl)c2C1=O. The van der Waals surface area contributed by atoms with Crippen LogP contribution in [-0.4, -0.2) is 41.2 Å². The first kappa shape index (κ1) is 23.3. The lowest BCUT2D eigenvalue weighted by atomic mass is 10.1. The van der Waals surface area contributed by atoms with Crippen molar-refractivity contribution in [3.8, 4) is 0 Å². The molecule has 0 aliphatic carbocycles. The van der Waals surface area contributed by atoms with E-state index in [4.69, 9.17) is 51.1 Å². The summed E-state index contributed by atoms with van der Waals surface area (Å²) in [4.78, 5) is 50.7. The molecule has 3 rings (SSSR count). The number of benzene rings is 2. The standard InChI is InChI=1S/C20H14Cl4N2O5/c1-8-5-3-4-6-10(8)25-11(27)7-31-20(30)9(2)26-18(28)12-13(19(26)29)15(22)17(24)16(23)14(12)21/h3-6,9H,7H2,1-2H3,(H,25,27)/t9-/m1/s1. The minimum absolute atomic E-state index is 0.182. The molecule has 0 spiro atoms. The molecule has 2 aromatic carbocycles. The molecule has 11 heteroatoms. The average Bonchev–Trinajstić information content (AvgIpc) is 3.00. The third-order valence-corrected chi connectivity index (χ3v) is 6.43. The van der Waals surface area contributed by atoms with Gasteiger partial charge in [0.25, 0.3) is 17.7 Å². The van der Waals surface area contributed by atoms with Gasteiger partial charge in [-0.15, -0.1) is 0 Å². The van der Waals surface area contributed by atoms with E-state index in [9.17, 15) is 19.2 Å². The maximum Gasteiger partial charge on any atom is 0.329 e. The number of para-hydroxylation sites is 1. The Labute approximate surface area is 197 Å². The van der Waals surface area contributed by atoms with Crippen LogP contribution in [0.5, 0.6) is 0 Å². The minimum Gasteiger partial charge on any atom is -0.454 e.